The standard InChI is InChI=1S/C9H18O4Si/c1-5-6-8(7(2)9(10)11)14(12-3)13-4/h14H,5-6H2,1-4H3,(H,10,11)/b8-7+. The topological polar surface area (TPSA) is 55.8 Å². The molecule has 0 rings (SSSR count). The van der Waals surface area contributed by atoms with Crippen LogP contribution in [0, 0.1) is 0 Å². The Hall–Kier alpha value is -0.653. The number of aliphatic carboxylic acids is 1. The molecule has 0 saturated carbocycles. The van der Waals surface area contributed by atoms with Crippen molar-refractivity contribution < 1.29 is 18.8 Å². The Balaban J connectivity index is 4.89. The van der Waals surface area contributed by atoms with Crippen LogP contribution in [-0.4, -0.2) is 34.6 Å². The summed E-state index contributed by atoms with van der Waals surface area (Å²) in [5, 5.41) is 9.71. The van der Waals surface area contributed by atoms with E-state index in [0.29, 0.717) is 5.57 Å². The van der Waals surface area contributed by atoms with Crippen molar-refractivity contribution in [2.75, 3.05) is 14.2 Å². The average Bonchev–Trinajstić information content (AvgIpc) is 2.17. The van der Waals surface area contributed by atoms with Crippen LogP contribution < -0.4 is 0 Å². The minimum absolute atomic E-state index is 0.368. The van der Waals surface area contributed by atoms with E-state index in [2.05, 4.69) is 0 Å². The molecule has 0 aromatic heterocycles. The van der Waals surface area contributed by atoms with Crippen LogP contribution in [0.2, 0.25) is 0 Å². The highest BCUT2D eigenvalue weighted by atomic mass is 28.3. The lowest BCUT2D eigenvalue weighted by atomic mass is 10.2. The van der Waals surface area contributed by atoms with E-state index in [1.807, 2.05) is 6.92 Å². The van der Waals surface area contributed by atoms with Crippen molar-refractivity contribution in [3.05, 3.63) is 10.8 Å². The lowest BCUT2D eigenvalue weighted by Gasteiger charge is -2.16. The summed E-state index contributed by atoms with van der Waals surface area (Å²) < 4.78 is 10.4. The van der Waals surface area contributed by atoms with Gasteiger partial charge in [-0.15, -0.1) is 0 Å². The van der Waals surface area contributed by atoms with Gasteiger partial charge in [-0.3, -0.25) is 0 Å². The van der Waals surface area contributed by atoms with Gasteiger partial charge in [0.2, 0.25) is 0 Å². The summed E-state index contributed by atoms with van der Waals surface area (Å²) in [6.45, 7) is 3.61. The summed E-state index contributed by atoms with van der Waals surface area (Å²) in [5.41, 5.74) is 0.368. The summed E-state index contributed by atoms with van der Waals surface area (Å²) in [7, 11) is 1.18. The molecule has 1 N–H and O–H groups in total. The number of carboxylic acids is 1. The zero-order valence-electron chi connectivity index (χ0n) is 9.16. The highest BCUT2D eigenvalue weighted by Crippen LogP contribution is 2.15. The van der Waals surface area contributed by atoms with Crippen molar-refractivity contribution in [1.29, 1.82) is 0 Å². The zero-order chi connectivity index (χ0) is 11.1. The number of carbonyl (C=O) groups is 1. The van der Waals surface area contributed by atoms with Crippen LogP contribution in [0.15, 0.2) is 10.8 Å². The number of hydrogen-bond donors (Lipinski definition) is 1. The molecule has 0 aliphatic rings. The molecule has 0 unspecified atom stereocenters. The van der Waals surface area contributed by atoms with Gasteiger partial charge in [0, 0.05) is 19.8 Å². The minimum Gasteiger partial charge on any atom is -0.478 e. The first-order valence-electron chi connectivity index (χ1n) is 4.56. The number of allylic oxidation sites excluding steroid dienone is 1. The Bertz CT molecular complexity index is 221. The predicted molar refractivity (Wildman–Crippen MR) is 56.4 cm³/mol. The molecule has 0 amide bonds. The van der Waals surface area contributed by atoms with Gasteiger partial charge in [0.15, 0.2) is 0 Å². The summed E-state index contributed by atoms with van der Waals surface area (Å²) in [6, 6.07) is 0. The zero-order valence-corrected chi connectivity index (χ0v) is 10.3. The van der Waals surface area contributed by atoms with E-state index in [4.69, 9.17) is 14.0 Å². The maximum Gasteiger partial charge on any atom is 0.351 e. The highest BCUT2D eigenvalue weighted by molar-refractivity contribution is 6.54. The molecule has 82 valence electrons. The van der Waals surface area contributed by atoms with Gasteiger partial charge in [0.1, 0.15) is 0 Å². The molecule has 14 heavy (non-hydrogen) atoms. The lowest BCUT2D eigenvalue weighted by molar-refractivity contribution is -0.132. The predicted octanol–water partition coefficient (Wildman–Crippen LogP) is 1.24. The maximum absolute atomic E-state index is 10.8. The number of carboxylic acid groups (broad SMARTS) is 1. The first-order valence-corrected chi connectivity index (χ1v) is 6.09. The molecule has 5 heteroatoms. The number of rotatable bonds is 6. The third-order valence-electron chi connectivity index (χ3n) is 2.03. The molecular formula is C9H18O4Si. The fraction of sp³-hybridized carbons (Fsp3) is 0.667. The van der Waals surface area contributed by atoms with E-state index in [0.717, 1.165) is 18.0 Å². The molecule has 0 bridgehead atoms. The summed E-state index contributed by atoms with van der Waals surface area (Å²) in [5.74, 6) is -0.889. The second-order valence-electron chi connectivity index (χ2n) is 3.01. The molecule has 0 aromatic carbocycles. The molecule has 0 saturated heterocycles. The molecule has 0 spiro atoms. The fourth-order valence-electron chi connectivity index (χ4n) is 1.27. The Morgan fingerprint density at radius 2 is 1.86 bits per heavy atom. The quantitative estimate of drug-likeness (QED) is 0.538. The largest absolute Gasteiger partial charge is 0.478 e. The molecular weight excluding hydrogens is 200 g/mol. The van der Waals surface area contributed by atoms with Gasteiger partial charge in [-0.25, -0.2) is 4.79 Å². The van der Waals surface area contributed by atoms with E-state index < -0.39 is 15.3 Å². The van der Waals surface area contributed by atoms with Gasteiger partial charge >= 0.3 is 15.3 Å². The van der Waals surface area contributed by atoms with Crippen molar-refractivity contribution in [2.45, 2.75) is 26.7 Å². The van der Waals surface area contributed by atoms with Crippen molar-refractivity contribution in [3.8, 4) is 0 Å². The van der Waals surface area contributed by atoms with Gasteiger partial charge in [0.05, 0.1) is 0 Å². The second-order valence-corrected chi connectivity index (χ2v) is 5.31. The Kier molecular flexibility index (Phi) is 6.43. The molecule has 0 aliphatic carbocycles. The van der Waals surface area contributed by atoms with E-state index in [9.17, 15) is 4.79 Å². The SMILES string of the molecule is CCC/C(=C(/C)C(=O)O)[SiH](OC)OC. The summed E-state index contributed by atoms with van der Waals surface area (Å²) >= 11 is 0. The lowest BCUT2D eigenvalue weighted by Crippen LogP contribution is -2.25. The molecule has 0 fully saturated rings. The van der Waals surface area contributed by atoms with Gasteiger partial charge in [0.25, 0.3) is 0 Å². The Labute approximate surface area is 86.4 Å². The van der Waals surface area contributed by atoms with Crippen LogP contribution in [0.1, 0.15) is 26.7 Å². The van der Waals surface area contributed by atoms with Crippen LogP contribution in [0.5, 0.6) is 0 Å². The van der Waals surface area contributed by atoms with Crippen LogP contribution in [-0.2, 0) is 13.6 Å². The minimum atomic E-state index is -1.94. The second kappa shape index (κ2) is 6.75. The Morgan fingerprint density at radius 3 is 2.14 bits per heavy atom. The first kappa shape index (κ1) is 13.3. The third kappa shape index (κ3) is 3.61. The van der Waals surface area contributed by atoms with Crippen LogP contribution in [0.3, 0.4) is 0 Å². The maximum atomic E-state index is 10.8. The average molecular weight is 218 g/mol. The van der Waals surface area contributed by atoms with Crippen molar-refractivity contribution in [1.82, 2.24) is 0 Å². The van der Waals surface area contributed by atoms with Gasteiger partial charge in [-0.1, -0.05) is 13.3 Å². The molecule has 0 aliphatic heterocycles. The third-order valence-corrected chi connectivity index (χ3v) is 4.18. The van der Waals surface area contributed by atoms with E-state index >= 15 is 0 Å². The highest BCUT2D eigenvalue weighted by Gasteiger charge is 2.21. The van der Waals surface area contributed by atoms with Gasteiger partial charge < -0.3 is 14.0 Å². The summed E-state index contributed by atoms with van der Waals surface area (Å²) in [6.07, 6.45) is 1.63. The number of hydrogen-bond acceptors (Lipinski definition) is 3. The monoisotopic (exact) mass is 218 g/mol. The van der Waals surface area contributed by atoms with Gasteiger partial charge in [-0.2, -0.15) is 0 Å². The van der Waals surface area contributed by atoms with Crippen LogP contribution in [0.4, 0.5) is 0 Å². The van der Waals surface area contributed by atoms with E-state index in [1.54, 1.807) is 21.1 Å². The normalized spacial score (nSPS) is 12.9. The molecule has 0 radical (unpaired) electrons. The fourth-order valence-corrected chi connectivity index (χ4v) is 3.03. The van der Waals surface area contributed by atoms with Crippen LogP contribution >= 0.6 is 0 Å². The van der Waals surface area contributed by atoms with Crippen LogP contribution in [0.25, 0.3) is 0 Å². The Morgan fingerprint density at radius 1 is 1.36 bits per heavy atom. The molecule has 4 nitrogen and oxygen atoms in total. The van der Waals surface area contributed by atoms with Gasteiger partial charge in [-0.05, 0) is 18.5 Å². The first-order chi connectivity index (χ1) is 6.58. The van der Waals surface area contributed by atoms with E-state index in [-0.39, 0.29) is 0 Å². The van der Waals surface area contributed by atoms with Crippen molar-refractivity contribution in [2.24, 2.45) is 0 Å². The van der Waals surface area contributed by atoms with Crippen molar-refractivity contribution >= 4 is 15.3 Å². The van der Waals surface area contributed by atoms with Crippen molar-refractivity contribution in [3.63, 3.8) is 0 Å². The molecule has 0 aromatic rings. The summed E-state index contributed by atoms with van der Waals surface area (Å²) in [4.78, 5) is 10.8. The molecule has 0 atom stereocenters. The van der Waals surface area contributed by atoms with E-state index in [1.165, 1.54) is 0 Å². The smallest absolute Gasteiger partial charge is 0.351 e. The molecule has 0 heterocycles.